The van der Waals surface area contributed by atoms with Gasteiger partial charge in [0.05, 0.1) is 25.0 Å². The summed E-state index contributed by atoms with van der Waals surface area (Å²) in [6.45, 7) is 5.32. The molecule has 0 N–H and O–H groups in total. The molecule has 2 aromatic heterocycles. The second kappa shape index (κ2) is 6.24. The summed E-state index contributed by atoms with van der Waals surface area (Å²) in [5, 5.41) is 4.30. The summed E-state index contributed by atoms with van der Waals surface area (Å²) in [4.78, 5) is 7.27. The molecule has 0 amide bonds. The summed E-state index contributed by atoms with van der Waals surface area (Å²) in [5.41, 5.74) is 1.27. The molecule has 1 aliphatic heterocycles. The molecule has 118 valence electrons. The van der Waals surface area contributed by atoms with Crippen LogP contribution in [0, 0.1) is 5.92 Å². The molecule has 5 nitrogen and oxygen atoms in total. The van der Waals surface area contributed by atoms with Gasteiger partial charge < -0.3 is 4.57 Å². The topological polar surface area (TPSA) is 38.9 Å². The van der Waals surface area contributed by atoms with Crippen LogP contribution in [0.2, 0.25) is 0 Å². The van der Waals surface area contributed by atoms with Crippen molar-refractivity contribution in [2.45, 2.75) is 51.7 Å². The molecular weight excluding hydrogens is 274 g/mol. The largest absolute Gasteiger partial charge is 0.328 e. The maximum Gasteiger partial charge on any atom is 0.123 e. The van der Waals surface area contributed by atoms with Crippen LogP contribution in [0.3, 0.4) is 0 Å². The highest BCUT2D eigenvalue weighted by Gasteiger charge is 2.23. The third-order valence-electron chi connectivity index (χ3n) is 5.15. The van der Waals surface area contributed by atoms with E-state index in [2.05, 4.69) is 19.5 Å². The summed E-state index contributed by atoms with van der Waals surface area (Å²) >= 11 is 0. The van der Waals surface area contributed by atoms with Gasteiger partial charge in [0.2, 0.25) is 0 Å². The Balaban J connectivity index is 1.40. The molecule has 0 aromatic carbocycles. The van der Waals surface area contributed by atoms with E-state index >= 15 is 0 Å². The first kappa shape index (κ1) is 14.0. The maximum absolute atomic E-state index is 4.66. The molecule has 4 rings (SSSR count). The molecule has 2 aromatic rings. The summed E-state index contributed by atoms with van der Waals surface area (Å²) in [5.74, 6) is 2.14. The molecule has 0 atom stereocenters. The third-order valence-corrected chi connectivity index (χ3v) is 5.15. The zero-order valence-electron chi connectivity index (χ0n) is 13.2. The fourth-order valence-corrected chi connectivity index (χ4v) is 3.95. The van der Waals surface area contributed by atoms with Crippen molar-refractivity contribution in [1.29, 1.82) is 0 Å². The number of fused-ring (bicyclic) bond motifs is 1. The van der Waals surface area contributed by atoms with Crippen molar-refractivity contribution in [3.8, 4) is 0 Å². The molecule has 3 heterocycles. The molecule has 5 heteroatoms. The van der Waals surface area contributed by atoms with E-state index in [0.29, 0.717) is 0 Å². The van der Waals surface area contributed by atoms with Crippen molar-refractivity contribution in [3.05, 3.63) is 36.2 Å². The third kappa shape index (κ3) is 2.95. The molecular formula is C17H25N5. The van der Waals surface area contributed by atoms with E-state index in [1.54, 1.807) is 0 Å². The van der Waals surface area contributed by atoms with Gasteiger partial charge in [-0.05, 0) is 24.8 Å². The quantitative estimate of drug-likeness (QED) is 0.871. The van der Waals surface area contributed by atoms with Gasteiger partial charge in [0.1, 0.15) is 5.82 Å². The fourth-order valence-electron chi connectivity index (χ4n) is 3.95. The second-order valence-corrected chi connectivity index (χ2v) is 6.76. The molecule has 1 aliphatic carbocycles. The van der Waals surface area contributed by atoms with Crippen LogP contribution in [0.15, 0.2) is 24.7 Å². The zero-order chi connectivity index (χ0) is 14.8. The number of nitrogens with zero attached hydrogens (tertiary/aromatic N) is 5. The summed E-state index contributed by atoms with van der Waals surface area (Å²) < 4.78 is 4.36. The van der Waals surface area contributed by atoms with Crippen LogP contribution >= 0.6 is 0 Å². The Morgan fingerprint density at radius 2 is 2.05 bits per heavy atom. The van der Waals surface area contributed by atoms with E-state index in [1.807, 2.05) is 29.3 Å². The molecule has 1 fully saturated rings. The van der Waals surface area contributed by atoms with Gasteiger partial charge in [-0.25, -0.2) is 4.98 Å². The normalized spacial score (nSPS) is 20.2. The summed E-state index contributed by atoms with van der Waals surface area (Å²) in [6.07, 6.45) is 13.0. The van der Waals surface area contributed by atoms with Crippen LogP contribution in [0.4, 0.5) is 0 Å². The van der Waals surface area contributed by atoms with Crippen LogP contribution in [-0.4, -0.2) is 37.3 Å². The van der Waals surface area contributed by atoms with Crippen molar-refractivity contribution < 1.29 is 0 Å². The van der Waals surface area contributed by atoms with Gasteiger partial charge in [0.15, 0.2) is 0 Å². The smallest absolute Gasteiger partial charge is 0.123 e. The van der Waals surface area contributed by atoms with Gasteiger partial charge in [-0.3, -0.25) is 9.58 Å². The van der Waals surface area contributed by atoms with Crippen LogP contribution in [-0.2, 0) is 19.6 Å². The lowest BCUT2D eigenvalue weighted by Crippen LogP contribution is -2.38. The Kier molecular flexibility index (Phi) is 3.97. The molecule has 1 saturated carbocycles. The summed E-state index contributed by atoms with van der Waals surface area (Å²) in [7, 11) is 0. The standard InChI is InChI=1S/C17H25N5/c1-2-5-15(6-3-1)12-20-9-10-22-16(11-18-17(22)14-20)13-21-8-4-7-19-21/h4,7-8,11,15H,1-3,5-6,9-10,12-14H2. The maximum atomic E-state index is 4.66. The van der Waals surface area contributed by atoms with Crippen molar-refractivity contribution >= 4 is 0 Å². The molecule has 0 unspecified atom stereocenters. The monoisotopic (exact) mass is 299 g/mol. The minimum Gasteiger partial charge on any atom is -0.328 e. The number of aromatic nitrogens is 4. The number of imidazole rings is 1. The number of rotatable bonds is 4. The second-order valence-electron chi connectivity index (χ2n) is 6.76. The highest BCUT2D eigenvalue weighted by atomic mass is 15.3. The van der Waals surface area contributed by atoms with Gasteiger partial charge in [-0.15, -0.1) is 0 Å². The summed E-state index contributed by atoms with van der Waals surface area (Å²) in [6, 6.07) is 1.97. The fraction of sp³-hybridized carbons (Fsp3) is 0.647. The average molecular weight is 299 g/mol. The first-order chi connectivity index (χ1) is 10.9. The molecule has 0 bridgehead atoms. The molecule has 0 saturated heterocycles. The molecule has 0 spiro atoms. The Morgan fingerprint density at radius 1 is 1.14 bits per heavy atom. The highest BCUT2D eigenvalue weighted by Crippen LogP contribution is 2.26. The van der Waals surface area contributed by atoms with Crippen molar-refractivity contribution in [1.82, 2.24) is 24.2 Å². The SMILES string of the molecule is c1cnn(Cc2cnc3n2CCN(CC2CCCCC2)C3)c1. The van der Waals surface area contributed by atoms with E-state index in [-0.39, 0.29) is 0 Å². The van der Waals surface area contributed by atoms with E-state index in [1.165, 1.54) is 50.2 Å². The minimum absolute atomic E-state index is 0.822. The van der Waals surface area contributed by atoms with Gasteiger partial charge in [0, 0.05) is 32.0 Å². The minimum atomic E-state index is 0.822. The lowest BCUT2D eigenvalue weighted by Gasteiger charge is -2.33. The van der Waals surface area contributed by atoms with E-state index < -0.39 is 0 Å². The Hall–Kier alpha value is -1.62. The van der Waals surface area contributed by atoms with Gasteiger partial charge in [-0.1, -0.05) is 19.3 Å². The van der Waals surface area contributed by atoms with Crippen LogP contribution in [0.25, 0.3) is 0 Å². The van der Waals surface area contributed by atoms with Crippen molar-refractivity contribution in [3.63, 3.8) is 0 Å². The number of hydrogen-bond donors (Lipinski definition) is 0. The zero-order valence-corrected chi connectivity index (χ0v) is 13.2. The van der Waals surface area contributed by atoms with Crippen LogP contribution in [0.5, 0.6) is 0 Å². The van der Waals surface area contributed by atoms with Crippen LogP contribution in [0.1, 0.15) is 43.6 Å². The average Bonchev–Trinajstić information content (AvgIpc) is 3.19. The van der Waals surface area contributed by atoms with E-state index in [4.69, 9.17) is 0 Å². The van der Waals surface area contributed by atoms with Gasteiger partial charge >= 0.3 is 0 Å². The Morgan fingerprint density at radius 3 is 2.86 bits per heavy atom. The van der Waals surface area contributed by atoms with Crippen molar-refractivity contribution in [2.24, 2.45) is 5.92 Å². The van der Waals surface area contributed by atoms with E-state index in [0.717, 1.165) is 32.1 Å². The highest BCUT2D eigenvalue weighted by molar-refractivity contribution is 5.08. The lowest BCUT2D eigenvalue weighted by molar-refractivity contribution is 0.163. The van der Waals surface area contributed by atoms with E-state index in [9.17, 15) is 0 Å². The Bertz CT molecular complexity index is 595. The molecule has 0 radical (unpaired) electrons. The number of hydrogen-bond acceptors (Lipinski definition) is 3. The lowest BCUT2D eigenvalue weighted by atomic mass is 9.89. The van der Waals surface area contributed by atoms with Crippen molar-refractivity contribution in [2.75, 3.05) is 13.1 Å². The first-order valence-corrected chi connectivity index (χ1v) is 8.61. The Labute approximate surface area is 131 Å². The predicted molar refractivity (Wildman–Crippen MR) is 85.4 cm³/mol. The van der Waals surface area contributed by atoms with Gasteiger partial charge in [-0.2, -0.15) is 5.10 Å². The predicted octanol–water partition coefficient (Wildman–Crippen LogP) is 2.52. The first-order valence-electron chi connectivity index (χ1n) is 8.61. The molecule has 22 heavy (non-hydrogen) atoms. The van der Waals surface area contributed by atoms with Gasteiger partial charge in [0.25, 0.3) is 0 Å². The molecule has 2 aliphatic rings. The van der Waals surface area contributed by atoms with Crippen LogP contribution < -0.4 is 0 Å².